The lowest BCUT2D eigenvalue weighted by molar-refractivity contribution is -0.133. The molecule has 1 aromatic carbocycles. The van der Waals surface area contributed by atoms with Crippen LogP contribution in [0.2, 0.25) is 0 Å². The molecule has 0 saturated carbocycles. The van der Waals surface area contributed by atoms with E-state index in [9.17, 15) is 19.1 Å². The molecule has 0 radical (unpaired) electrons. The molecule has 1 aliphatic heterocycles. The molecule has 0 unspecified atom stereocenters. The summed E-state index contributed by atoms with van der Waals surface area (Å²) in [5.74, 6) is -5.09. The van der Waals surface area contributed by atoms with Gasteiger partial charge < -0.3 is 28.7 Å². The van der Waals surface area contributed by atoms with Crippen molar-refractivity contribution < 1.29 is 60.7 Å². The van der Waals surface area contributed by atoms with Gasteiger partial charge >= 0.3 is 7.82 Å². The second kappa shape index (κ2) is 11.3. The Labute approximate surface area is 243 Å². The maximum atomic E-state index is 15.0. The first-order valence-electron chi connectivity index (χ1n) is 16.0. The van der Waals surface area contributed by atoms with Crippen LogP contribution in [0.15, 0.2) is 30.4 Å². The number of carbonyl (C=O) groups excluding carboxylic acids is 1. The number of fused-ring (bicyclic) bond motifs is 1. The zero-order chi connectivity index (χ0) is 37.8. The highest BCUT2D eigenvalue weighted by molar-refractivity contribution is 7.46. The van der Waals surface area contributed by atoms with Gasteiger partial charge in [0, 0.05) is 26.8 Å². The van der Waals surface area contributed by atoms with Gasteiger partial charge in [0.15, 0.2) is 34.5 Å². The largest absolute Gasteiger partial charge is 0.493 e. The van der Waals surface area contributed by atoms with Crippen LogP contribution in [0.5, 0.6) is 23.0 Å². The van der Waals surface area contributed by atoms with Crippen molar-refractivity contribution >= 4 is 19.5 Å². The minimum atomic E-state index is -5.78. The fourth-order valence-electron chi connectivity index (χ4n) is 3.52. The van der Waals surface area contributed by atoms with Crippen LogP contribution in [0.4, 0.5) is 10.2 Å². The molecule has 3 heterocycles. The van der Waals surface area contributed by atoms with Crippen LogP contribution in [-0.4, -0.2) is 64.3 Å². The average molecular weight is 589 g/mol. The van der Waals surface area contributed by atoms with E-state index in [1.807, 2.05) is 0 Å². The van der Waals surface area contributed by atoms with Gasteiger partial charge in [0.05, 0.1) is 38.7 Å². The van der Waals surface area contributed by atoms with E-state index in [1.165, 1.54) is 21.3 Å². The average Bonchev–Trinajstić information content (AvgIpc) is 2.97. The molecule has 0 bridgehead atoms. The molecule has 2 aromatic heterocycles. The first-order chi connectivity index (χ1) is 22.9. The fraction of sp³-hybridized carbons (Fsp3) is 0.360. The fourth-order valence-corrected chi connectivity index (χ4v) is 3.71. The molecule has 0 aliphatic carbocycles. The van der Waals surface area contributed by atoms with Gasteiger partial charge in [-0.3, -0.25) is 14.2 Å². The number of rotatable bonds is 10. The number of phosphoric ester groups is 1. The molecule has 2 N–H and O–H groups in total. The first kappa shape index (κ1) is 18.5. The number of carbonyl (C=O) groups is 1. The predicted molar refractivity (Wildman–Crippen MR) is 138 cm³/mol. The molecule has 40 heavy (non-hydrogen) atoms. The zero-order valence-corrected chi connectivity index (χ0v) is 21.9. The Bertz CT molecular complexity index is 1830. The van der Waals surface area contributed by atoms with Gasteiger partial charge in [0.1, 0.15) is 12.5 Å². The standard InChI is InChI=1S/C25H28FN4O9P/c1-25(2)24(31)30(13-38-40(32,33)34)23-18(39-25)7-6-15(28-23)11-17-16(26)12-27-21(29-17)10-14-8-19(35-3)22(37-5)20(9-14)36-4/h6-9,12H,10-11,13H2,1-5H3,(H2,32,33,34)/i1D3,2D3,8D,9D,13D2. The summed E-state index contributed by atoms with van der Waals surface area (Å²) in [4.78, 5) is 44.2. The van der Waals surface area contributed by atoms with Crippen molar-refractivity contribution in [3.8, 4) is 23.0 Å². The normalized spacial score (nSPS) is 19.1. The summed E-state index contributed by atoms with van der Waals surface area (Å²) < 4.78 is 132. The highest BCUT2D eigenvalue weighted by atomic mass is 31.2. The monoisotopic (exact) mass is 588 g/mol. The summed E-state index contributed by atoms with van der Waals surface area (Å²) in [7, 11) is -1.94. The van der Waals surface area contributed by atoms with Gasteiger partial charge in [0.25, 0.3) is 5.91 Å². The molecule has 0 atom stereocenters. The van der Waals surface area contributed by atoms with Crippen molar-refractivity contribution in [2.24, 2.45) is 0 Å². The van der Waals surface area contributed by atoms with Gasteiger partial charge in [-0.15, -0.1) is 0 Å². The zero-order valence-electron chi connectivity index (χ0n) is 31.0. The molecule has 0 fully saturated rings. The third-order valence-corrected chi connectivity index (χ3v) is 5.55. The highest BCUT2D eigenvalue weighted by Crippen LogP contribution is 2.41. The van der Waals surface area contributed by atoms with Crippen molar-refractivity contribution in [1.29, 1.82) is 0 Å². The van der Waals surface area contributed by atoms with Gasteiger partial charge in [-0.1, -0.05) is 0 Å². The van der Waals surface area contributed by atoms with Crippen LogP contribution >= 0.6 is 7.82 Å². The number of ether oxygens (including phenoxy) is 4. The molecule has 0 saturated heterocycles. The SMILES string of the molecule is [2H]c1c(Cc2ncc(F)c(Cc3ccc4c(n3)N(C([2H])([2H])OP(=O)(O)O)C(=O)C(C([2H])([2H])[2H])(C([2H])([2H])[2H])O4)n2)c([2H])c(OC)c(OC)c1OC. The third-order valence-electron chi connectivity index (χ3n) is 5.23. The summed E-state index contributed by atoms with van der Waals surface area (Å²) in [6.07, 6.45) is -0.0607. The van der Waals surface area contributed by atoms with Crippen molar-refractivity contribution in [3.05, 3.63) is 59.0 Å². The lowest BCUT2D eigenvalue weighted by Crippen LogP contribution is -2.53. The number of anilines is 1. The van der Waals surface area contributed by atoms with E-state index in [2.05, 4.69) is 19.5 Å². The van der Waals surface area contributed by atoms with Crippen LogP contribution in [0.25, 0.3) is 0 Å². The van der Waals surface area contributed by atoms with Crippen molar-refractivity contribution in [2.45, 2.75) is 32.1 Å². The smallest absolute Gasteiger partial charge is 0.471 e. The highest BCUT2D eigenvalue weighted by Gasteiger charge is 2.42. The van der Waals surface area contributed by atoms with E-state index < -0.39 is 63.5 Å². The summed E-state index contributed by atoms with van der Waals surface area (Å²) in [6.45, 7) is -11.5. The van der Waals surface area contributed by atoms with E-state index in [0.29, 0.717) is 0 Å². The molecule has 15 heteroatoms. The second-order valence-corrected chi connectivity index (χ2v) is 9.15. The number of methoxy groups -OCH3 is 3. The van der Waals surface area contributed by atoms with E-state index >= 15 is 4.39 Å². The van der Waals surface area contributed by atoms with Crippen LogP contribution < -0.4 is 23.8 Å². The Morgan fingerprint density at radius 3 is 2.45 bits per heavy atom. The minimum Gasteiger partial charge on any atom is -0.493 e. The van der Waals surface area contributed by atoms with Crippen LogP contribution in [0.1, 0.15) is 50.2 Å². The number of halogens is 1. The van der Waals surface area contributed by atoms with E-state index in [0.717, 1.165) is 18.3 Å². The van der Waals surface area contributed by atoms with E-state index in [1.54, 1.807) is 0 Å². The molecule has 0 spiro atoms. The van der Waals surface area contributed by atoms with Gasteiger partial charge in [-0.25, -0.2) is 23.9 Å². The molecule has 3 aromatic rings. The Morgan fingerprint density at radius 2 is 1.85 bits per heavy atom. The number of hydrogen-bond acceptors (Lipinski definition) is 10. The van der Waals surface area contributed by atoms with Gasteiger partial charge in [-0.2, -0.15) is 0 Å². The Morgan fingerprint density at radius 1 is 1.15 bits per heavy atom. The molecule has 1 amide bonds. The molecular formula is C25H28FN4O9P. The number of amides is 1. The number of aromatic nitrogens is 3. The van der Waals surface area contributed by atoms with E-state index in [-0.39, 0.29) is 63.4 Å². The summed E-state index contributed by atoms with van der Waals surface area (Å²) >= 11 is 0. The maximum Gasteiger partial charge on any atom is 0.471 e. The van der Waals surface area contributed by atoms with Crippen LogP contribution in [-0.2, 0) is 26.7 Å². The number of nitrogens with zero attached hydrogens (tertiary/aromatic N) is 4. The molecular weight excluding hydrogens is 550 g/mol. The Kier molecular flexibility index (Phi) is 5.24. The van der Waals surface area contributed by atoms with Gasteiger partial charge in [0.2, 0.25) is 5.75 Å². The molecule has 214 valence electrons. The number of phosphoric acid groups is 1. The van der Waals surface area contributed by atoms with Crippen LogP contribution in [0.3, 0.4) is 0 Å². The lowest BCUT2D eigenvalue weighted by atomic mass is 10.1. The quantitative estimate of drug-likeness (QED) is 0.334. The van der Waals surface area contributed by atoms with Gasteiger partial charge in [-0.05, 0) is 43.5 Å². The number of hydrogen-bond donors (Lipinski definition) is 2. The van der Waals surface area contributed by atoms with E-state index in [4.69, 9.17) is 32.7 Å². The topological polar surface area (TPSA) is 163 Å². The third kappa shape index (κ3) is 6.31. The van der Waals surface area contributed by atoms with Crippen molar-refractivity contribution in [1.82, 2.24) is 15.0 Å². The number of benzene rings is 1. The molecule has 1 aliphatic rings. The summed E-state index contributed by atoms with van der Waals surface area (Å²) in [6, 6.07) is 1.46. The first-order valence-corrected chi connectivity index (χ1v) is 12.5. The molecule has 4 rings (SSSR count). The Hall–Kier alpha value is -3.84. The summed E-state index contributed by atoms with van der Waals surface area (Å²) in [5.41, 5.74) is -4.33. The predicted octanol–water partition coefficient (Wildman–Crippen LogP) is 2.79. The minimum absolute atomic E-state index is 0.00463. The maximum absolute atomic E-state index is 15.0. The summed E-state index contributed by atoms with van der Waals surface area (Å²) in [5, 5.41) is 0. The second-order valence-electron chi connectivity index (χ2n) is 7.98. The molecule has 13 nitrogen and oxygen atoms in total. The van der Waals surface area contributed by atoms with Crippen molar-refractivity contribution in [2.75, 3.05) is 32.9 Å². The lowest BCUT2D eigenvalue weighted by Gasteiger charge is -2.37. The van der Waals surface area contributed by atoms with Crippen LogP contribution in [0, 0.1) is 5.82 Å². The Balaban J connectivity index is 1.82. The number of pyridine rings is 1. The van der Waals surface area contributed by atoms with Crippen molar-refractivity contribution in [3.63, 3.8) is 0 Å².